The average molecular weight is 322 g/mol. The van der Waals surface area contributed by atoms with Crippen molar-refractivity contribution in [1.82, 2.24) is 15.5 Å². The largest absolute Gasteiger partial charge is 0.378 e. The Morgan fingerprint density at radius 2 is 1.95 bits per heavy atom. The van der Waals surface area contributed by atoms with Crippen molar-refractivity contribution in [3.05, 3.63) is 0 Å². The van der Waals surface area contributed by atoms with E-state index >= 15 is 0 Å². The summed E-state index contributed by atoms with van der Waals surface area (Å²) in [5.41, 5.74) is 0. The number of halogens is 1. The van der Waals surface area contributed by atoms with E-state index in [1.54, 1.807) is 0 Å². The molecule has 2 N–H and O–H groups in total. The molecule has 1 unspecified atom stereocenters. The smallest absolute Gasteiger partial charge is 0.222 e. The van der Waals surface area contributed by atoms with Gasteiger partial charge < -0.3 is 15.4 Å². The van der Waals surface area contributed by atoms with Crippen LogP contribution in [0.2, 0.25) is 0 Å². The molecule has 0 aromatic rings. The molecule has 0 aromatic carbocycles. The Kier molecular flexibility index (Phi) is 12.0. The summed E-state index contributed by atoms with van der Waals surface area (Å²) in [6.45, 7) is 12.9. The van der Waals surface area contributed by atoms with Crippen LogP contribution in [0.15, 0.2) is 0 Å². The standard InChI is InChI=1S/C15H31N3O2.ClH/c1-13(2)12-14(3)20-11-4-15(19)17-7-10-18-8-5-16-6-9-18;/h13-14,16H,4-12H2,1-3H3,(H,17,19);1H. The minimum Gasteiger partial charge on any atom is -0.378 e. The lowest BCUT2D eigenvalue weighted by atomic mass is 10.1. The second kappa shape index (κ2) is 12.2. The molecule has 21 heavy (non-hydrogen) atoms. The number of nitrogens with zero attached hydrogens (tertiary/aromatic N) is 1. The van der Waals surface area contributed by atoms with Crippen molar-refractivity contribution in [3.63, 3.8) is 0 Å². The molecule has 0 saturated carbocycles. The third-order valence-electron chi connectivity index (χ3n) is 3.49. The second-order valence-electron chi connectivity index (χ2n) is 6.00. The Labute approximate surface area is 135 Å². The molecule has 1 rings (SSSR count). The van der Waals surface area contributed by atoms with Crippen molar-refractivity contribution in [3.8, 4) is 0 Å². The van der Waals surface area contributed by atoms with E-state index in [2.05, 4.69) is 36.3 Å². The fraction of sp³-hybridized carbons (Fsp3) is 0.933. The monoisotopic (exact) mass is 321 g/mol. The molecule has 126 valence electrons. The van der Waals surface area contributed by atoms with Crippen LogP contribution in [0.5, 0.6) is 0 Å². The molecule has 1 amide bonds. The predicted octanol–water partition coefficient (Wildman–Crippen LogP) is 1.27. The summed E-state index contributed by atoms with van der Waals surface area (Å²) in [5, 5.41) is 6.28. The molecule has 1 aliphatic rings. The predicted molar refractivity (Wildman–Crippen MR) is 89.1 cm³/mol. The number of carbonyl (C=O) groups excluding carboxylic acids is 1. The van der Waals surface area contributed by atoms with E-state index in [1.807, 2.05) is 0 Å². The van der Waals surface area contributed by atoms with Crippen LogP contribution < -0.4 is 10.6 Å². The van der Waals surface area contributed by atoms with E-state index in [0.29, 0.717) is 18.9 Å². The molecule has 1 saturated heterocycles. The van der Waals surface area contributed by atoms with Gasteiger partial charge in [0.25, 0.3) is 0 Å². The van der Waals surface area contributed by atoms with Crippen LogP contribution in [0.1, 0.15) is 33.6 Å². The Bertz CT molecular complexity index is 272. The first-order chi connectivity index (χ1) is 9.58. The molecular weight excluding hydrogens is 290 g/mol. The van der Waals surface area contributed by atoms with Gasteiger partial charge in [0, 0.05) is 45.7 Å². The highest BCUT2D eigenvalue weighted by atomic mass is 35.5. The minimum absolute atomic E-state index is 0. The maximum absolute atomic E-state index is 11.7. The van der Waals surface area contributed by atoms with Gasteiger partial charge in [0.1, 0.15) is 0 Å². The second-order valence-corrected chi connectivity index (χ2v) is 6.00. The lowest BCUT2D eigenvalue weighted by Crippen LogP contribution is -2.46. The van der Waals surface area contributed by atoms with E-state index in [4.69, 9.17) is 4.74 Å². The summed E-state index contributed by atoms with van der Waals surface area (Å²) in [5.74, 6) is 0.731. The number of piperazine rings is 1. The van der Waals surface area contributed by atoms with Crippen molar-refractivity contribution < 1.29 is 9.53 Å². The van der Waals surface area contributed by atoms with Gasteiger partial charge in [-0.05, 0) is 19.3 Å². The van der Waals surface area contributed by atoms with Crippen LogP contribution in [-0.2, 0) is 9.53 Å². The lowest BCUT2D eigenvalue weighted by Gasteiger charge is -2.27. The van der Waals surface area contributed by atoms with Crippen LogP contribution >= 0.6 is 12.4 Å². The zero-order valence-corrected chi connectivity index (χ0v) is 14.5. The van der Waals surface area contributed by atoms with Gasteiger partial charge in [-0.25, -0.2) is 0 Å². The highest BCUT2D eigenvalue weighted by Gasteiger charge is 2.10. The van der Waals surface area contributed by atoms with Crippen molar-refractivity contribution >= 4 is 18.3 Å². The van der Waals surface area contributed by atoms with Crippen molar-refractivity contribution in [2.45, 2.75) is 39.7 Å². The molecule has 0 aromatic heterocycles. The van der Waals surface area contributed by atoms with Gasteiger partial charge in [0.2, 0.25) is 5.91 Å². The number of hydrogen-bond donors (Lipinski definition) is 2. The maximum Gasteiger partial charge on any atom is 0.222 e. The van der Waals surface area contributed by atoms with Gasteiger partial charge in [-0.2, -0.15) is 0 Å². The van der Waals surface area contributed by atoms with Crippen molar-refractivity contribution in [2.75, 3.05) is 45.9 Å². The molecule has 0 spiro atoms. The first kappa shape index (κ1) is 20.6. The number of carbonyl (C=O) groups is 1. The van der Waals surface area contributed by atoms with E-state index in [0.717, 1.165) is 45.7 Å². The molecule has 0 bridgehead atoms. The molecule has 5 nitrogen and oxygen atoms in total. The fourth-order valence-electron chi connectivity index (χ4n) is 2.46. The minimum atomic E-state index is 0. The molecule has 0 radical (unpaired) electrons. The van der Waals surface area contributed by atoms with Crippen molar-refractivity contribution in [2.24, 2.45) is 5.92 Å². The van der Waals surface area contributed by atoms with Crippen LogP contribution in [0.4, 0.5) is 0 Å². The van der Waals surface area contributed by atoms with Gasteiger partial charge in [0.15, 0.2) is 0 Å². The fourth-order valence-corrected chi connectivity index (χ4v) is 2.46. The van der Waals surface area contributed by atoms with Crippen molar-refractivity contribution in [1.29, 1.82) is 0 Å². The summed E-state index contributed by atoms with van der Waals surface area (Å²) in [6, 6.07) is 0. The Morgan fingerprint density at radius 1 is 1.29 bits per heavy atom. The molecular formula is C15H32ClN3O2. The van der Waals surface area contributed by atoms with E-state index in [1.165, 1.54) is 0 Å². The number of ether oxygens (including phenoxy) is 1. The molecule has 1 aliphatic heterocycles. The summed E-state index contributed by atoms with van der Waals surface area (Å²) in [6.07, 6.45) is 1.75. The van der Waals surface area contributed by atoms with Gasteiger partial charge in [0.05, 0.1) is 12.7 Å². The zero-order chi connectivity index (χ0) is 14.8. The van der Waals surface area contributed by atoms with Gasteiger partial charge in [-0.3, -0.25) is 9.69 Å². The lowest BCUT2D eigenvalue weighted by molar-refractivity contribution is -0.122. The van der Waals surface area contributed by atoms with Crippen LogP contribution in [0.25, 0.3) is 0 Å². The van der Waals surface area contributed by atoms with Crippen LogP contribution in [-0.4, -0.2) is 62.8 Å². The third-order valence-corrected chi connectivity index (χ3v) is 3.49. The van der Waals surface area contributed by atoms with Gasteiger partial charge >= 0.3 is 0 Å². The summed E-state index contributed by atoms with van der Waals surface area (Å²) < 4.78 is 5.64. The molecule has 1 atom stereocenters. The number of amides is 1. The summed E-state index contributed by atoms with van der Waals surface area (Å²) in [7, 11) is 0. The Hall–Kier alpha value is -0.360. The zero-order valence-electron chi connectivity index (χ0n) is 13.7. The Balaban J connectivity index is 0.00000400. The average Bonchev–Trinajstić information content (AvgIpc) is 2.39. The molecule has 1 fully saturated rings. The Morgan fingerprint density at radius 3 is 2.57 bits per heavy atom. The van der Waals surface area contributed by atoms with E-state index in [-0.39, 0.29) is 24.4 Å². The number of rotatable bonds is 9. The maximum atomic E-state index is 11.7. The molecule has 6 heteroatoms. The topological polar surface area (TPSA) is 53.6 Å². The van der Waals surface area contributed by atoms with Gasteiger partial charge in [-0.15, -0.1) is 12.4 Å². The van der Waals surface area contributed by atoms with Gasteiger partial charge in [-0.1, -0.05) is 13.8 Å². The summed E-state index contributed by atoms with van der Waals surface area (Å²) >= 11 is 0. The first-order valence-corrected chi connectivity index (χ1v) is 7.89. The first-order valence-electron chi connectivity index (χ1n) is 7.89. The summed E-state index contributed by atoms with van der Waals surface area (Å²) in [4.78, 5) is 14.0. The highest BCUT2D eigenvalue weighted by Crippen LogP contribution is 2.07. The van der Waals surface area contributed by atoms with E-state index in [9.17, 15) is 4.79 Å². The van der Waals surface area contributed by atoms with Crippen LogP contribution in [0.3, 0.4) is 0 Å². The normalized spacial score (nSPS) is 17.3. The molecule has 0 aliphatic carbocycles. The third kappa shape index (κ3) is 10.9. The molecule has 1 heterocycles. The highest BCUT2D eigenvalue weighted by molar-refractivity contribution is 5.85. The SMILES string of the molecule is CC(C)CC(C)OCCC(=O)NCCN1CCNCC1.Cl. The van der Waals surface area contributed by atoms with E-state index < -0.39 is 0 Å². The van der Waals surface area contributed by atoms with Crippen LogP contribution in [0, 0.1) is 5.92 Å². The number of nitrogens with one attached hydrogen (secondary N) is 2. The quantitative estimate of drug-likeness (QED) is 0.671. The number of hydrogen-bond acceptors (Lipinski definition) is 4.